The van der Waals surface area contributed by atoms with Gasteiger partial charge in [-0.1, -0.05) is 121 Å². The van der Waals surface area contributed by atoms with Crippen LogP contribution in [-0.2, 0) is 0 Å². The zero-order chi connectivity index (χ0) is 36.9. The smallest absolute Gasteiger partial charge is 0.165 e. The SMILES string of the molecule is N#Cc1cc(-n2c3ccccc3c3cc4c(cc32)Sc2ccccc2N4c2ccccc2)c(C#N)cc1-c1nc(-c2ccccc2)nc(-c2ccccc2)n1. The third-order valence-electron chi connectivity index (χ3n) is 9.89. The van der Waals surface area contributed by atoms with Gasteiger partial charge in [0.25, 0.3) is 0 Å². The Labute approximate surface area is 321 Å². The number of nitrogens with zero attached hydrogens (tertiary/aromatic N) is 7. The van der Waals surface area contributed by atoms with E-state index in [1.54, 1.807) is 23.9 Å². The number of anilines is 3. The van der Waals surface area contributed by atoms with Crippen LogP contribution >= 0.6 is 11.8 Å². The fourth-order valence-electron chi connectivity index (χ4n) is 7.40. The van der Waals surface area contributed by atoms with E-state index >= 15 is 0 Å². The van der Waals surface area contributed by atoms with Crippen molar-refractivity contribution in [2.45, 2.75) is 9.79 Å². The van der Waals surface area contributed by atoms with E-state index in [1.165, 1.54) is 0 Å². The molecular weight excluding hydrogens is 695 g/mol. The lowest BCUT2D eigenvalue weighted by Crippen LogP contribution is -2.14. The number of hydrogen-bond acceptors (Lipinski definition) is 7. The molecule has 0 atom stereocenters. The summed E-state index contributed by atoms with van der Waals surface area (Å²) in [6, 6.07) is 59.4. The van der Waals surface area contributed by atoms with Crippen molar-refractivity contribution >= 4 is 50.6 Å². The molecule has 0 saturated heterocycles. The van der Waals surface area contributed by atoms with E-state index in [0.717, 1.165) is 59.8 Å². The molecular formula is C47H27N7S. The monoisotopic (exact) mass is 721 g/mol. The molecule has 0 fully saturated rings. The Morgan fingerprint density at radius 2 is 1.05 bits per heavy atom. The lowest BCUT2D eigenvalue weighted by Gasteiger charge is -2.33. The van der Waals surface area contributed by atoms with Gasteiger partial charge in [0, 0.05) is 42.9 Å². The Hall–Kier alpha value is -7.52. The van der Waals surface area contributed by atoms with Crippen LogP contribution in [0.5, 0.6) is 0 Å². The van der Waals surface area contributed by atoms with E-state index in [1.807, 2.05) is 78.9 Å². The second kappa shape index (κ2) is 13.2. The van der Waals surface area contributed by atoms with E-state index in [-0.39, 0.29) is 0 Å². The topological polar surface area (TPSA) is 94.4 Å². The van der Waals surface area contributed by atoms with Crippen LogP contribution in [0.1, 0.15) is 11.1 Å². The third-order valence-corrected chi connectivity index (χ3v) is 11.0. The van der Waals surface area contributed by atoms with Crippen molar-refractivity contribution in [1.29, 1.82) is 10.5 Å². The standard InChI is InChI=1S/C47H27N7S/c48-28-32-25-40(33(29-49)24-36(32)47-51-45(30-14-4-1-5-15-30)50-46(52-47)31-16-6-2-7-17-31)54-38-21-11-10-20-35(38)37-26-42-44(27-41(37)54)55-43-23-13-12-22-39(43)53(42)34-18-8-3-9-19-34/h1-27H. The molecule has 1 aliphatic rings. The quantitative estimate of drug-likeness (QED) is 0.175. The summed E-state index contributed by atoms with van der Waals surface area (Å²) >= 11 is 1.73. The average molecular weight is 722 g/mol. The van der Waals surface area contributed by atoms with E-state index in [9.17, 15) is 10.5 Å². The van der Waals surface area contributed by atoms with Gasteiger partial charge in [0.2, 0.25) is 0 Å². The van der Waals surface area contributed by atoms with Crippen LogP contribution in [0.15, 0.2) is 174 Å². The van der Waals surface area contributed by atoms with Crippen molar-refractivity contribution in [3.8, 4) is 52.0 Å². The summed E-state index contributed by atoms with van der Waals surface area (Å²) in [4.78, 5) is 19.1. The van der Waals surface area contributed by atoms with Gasteiger partial charge in [0.05, 0.1) is 45.3 Å². The first-order valence-corrected chi connectivity index (χ1v) is 18.6. The fraction of sp³-hybridized carbons (Fsp3) is 0. The van der Waals surface area contributed by atoms with Gasteiger partial charge >= 0.3 is 0 Å². The van der Waals surface area contributed by atoms with Crippen LogP contribution in [0, 0.1) is 22.7 Å². The van der Waals surface area contributed by atoms with Crippen molar-refractivity contribution in [1.82, 2.24) is 19.5 Å². The molecule has 9 aromatic rings. The summed E-state index contributed by atoms with van der Waals surface area (Å²) in [5, 5.41) is 23.6. The second-order valence-electron chi connectivity index (χ2n) is 13.1. The maximum Gasteiger partial charge on any atom is 0.165 e. The Morgan fingerprint density at radius 3 is 1.75 bits per heavy atom. The molecule has 3 heterocycles. The molecule has 0 N–H and O–H groups in total. The largest absolute Gasteiger partial charge is 0.308 e. The fourth-order valence-corrected chi connectivity index (χ4v) is 8.47. The Bertz CT molecular complexity index is 2980. The number of benzene rings is 7. The van der Waals surface area contributed by atoms with Gasteiger partial charge in [-0.25, -0.2) is 15.0 Å². The van der Waals surface area contributed by atoms with Crippen molar-refractivity contribution in [2.24, 2.45) is 0 Å². The first kappa shape index (κ1) is 32.2. The Kier molecular flexibility index (Phi) is 7.69. The maximum absolute atomic E-state index is 10.8. The third kappa shape index (κ3) is 5.40. The highest BCUT2D eigenvalue weighted by Crippen LogP contribution is 2.53. The number of aromatic nitrogens is 4. The van der Waals surface area contributed by atoms with Gasteiger partial charge in [-0.3, -0.25) is 0 Å². The number of hydrogen-bond donors (Lipinski definition) is 0. The first-order chi connectivity index (χ1) is 27.2. The minimum absolute atomic E-state index is 0.319. The summed E-state index contributed by atoms with van der Waals surface area (Å²) in [7, 11) is 0. The molecule has 0 saturated carbocycles. The minimum atomic E-state index is 0.319. The molecule has 1 aliphatic heterocycles. The Balaban J connectivity index is 1.20. The minimum Gasteiger partial charge on any atom is -0.308 e. The summed E-state index contributed by atoms with van der Waals surface area (Å²) in [6.45, 7) is 0. The predicted octanol–water partition coefficient (Wildman–Crippen LogP) is 11.6. The molecule has 0 radical (unpaired) electrons. The van der Waals surface area contributed by atoms with Gasteiger partial charge < -0.3 is 9.47 Å². The highest BCUT2D eigenvalue weighted by Gasteiger charge is 2.28. The maximum atomic E-state index is 10.8. The summed E-state index contributed by atoms with van der Waals surface area (Å²) in [6.07, 6.45) is 0. The van der Waals surface area contributed by atoms with Crippen LogP contribution in [-0.4, -0.2) is 19.5 Å². The van der Waals surface area contributed by atoms with Crippen LogP contribution in [0.25, 0.3) is 61.7 Å². The number of rotatable bonds is 5. The van der Waals surface area contributed by atoms with Gasteiger partial charge in [0.1, 0.15) is 6.07 Å². The molecule has 10 rings (SSSR count). The van der Waals surface area contributed by atoms with Gasteiger partial charge in [-0.2, -0.15) is 10.5 Å². The van der Waals surface area contributed by atoms with Crippen molar-refractivity contribution in [3.63, 3.8) is 0 Å². The van der Waals surface area contributed by atoms with Gasteiger partial charge in [0.15, 0.2) is 17.5 Å². The molecule has 2 aromatic heterocycles. The molecule has 256 valence electrons. The van der Waals surface area contributed by atoms with Gasteiger partial charge in [-0.05, 0) is 54.6 Å². The zero-order valence-corrected chi connectivity index (χ0v) is 29.9. The molecule has 0 amide bonds. The molecule has 0 bridgehead atoms. The summed E-state index contributed by atoms with van der Waals surface area (Å²) in [5.41, 5.74) is 8.59. The lowest BCUT2D eigenvalue weighted by molar-refractivity contribution is 1.07. The zero-order valence-electron chi connectivity index (χ0n) is 29.1. The van der Waals surface area contributed by atoms with E-state index in [4.69, 9.17) is 15.0 Å². The molecule has 55 heavy (non-hydrogen) atoms. The molecule has 7 aromatic carbocycles. The van der Waals surface area contributed by atoms with E-state index in [2.05, 4.69) is 94.4 Å². The van der Waals surface area contributed by atoms with Crippen LogP contribution < -0.4 is 4.90 Å². The van der Waals surface area contributed by atoms with Gasteiger partial charge in [-0.15, -0.1) is 0 Å². The lowest BCUT2D eigenvalue weighted by atomic mass is 10.0. The molecule has 0 aliphatic carbocycles. The summed E-state index contributed by atoms with van der Waals surface area (Å²) < 4.78 is 2.11. The first-order valence-electron chi connectivity index (χ1n) is 17.7. The second-order valence-corrected chi connectivity index (χ2v) is 14.2. The van der Waals surface area contributed by atoms with Crippen LogP contribution in [0.4, 0.5) is 17.1 Å². The van der Waals surface area contributed by atoms with Crippen LogP contribution in [0.3, 0.4) is 0 Å². The highest BCUT2D eigenvalue weighted by molar-refractivity contribution is 7.99. The summed E-state index contributed by atoms with van der Waals surface area (Å²) in [5.74, 6) is 1.28. The normalized spacial score (nSPS) is 11.9. The molecule has 0 unspecified atom stereocenters. The van der Waals surface area contributed by atoms with Crippen LogP contribution in [0.2, 0.25) is 0 Å². The predicted molar refractivity (Wildman–Crippen MR) is 219 cm³/mol. The highest BCUT2D eigenvalue weighted by atomic mass is 32.2. The molecule has 0 spiro atoms. The van der Waals surface area contributed by atoms with E-state index < -0.39 is 0 Å². The number of fused-ring (bicyclic) bond motifs is 5. The molecule has 8 heteroatoms. The van der Waals surface area contributed by atoms with Crippen molar-refractivity contribution in [2.75, 3.05) is 4.90 Å². The average Bonchev–Trinajstić information content (AvgIpc) is 3.57. The Morgan fingerprint density at radius 1 is 0.455 bits per heavy atom. The number of nitriles is 2. The van der Waals surface area contributed by atoms with Crippen molar-refractivity contribution in [3.05, 3.63) is 175 Å². The number of para-hydroxylation sites is 3. The molecule has 7 nitrogen and oxygen atoms in total. The van der Waals surface area contributed by atoms with Crippen molar-refractivity contribution < 1.29 is 0 Å². The van der Waals surface area contributed by atoms with E-state index in [0.29, 0.717) is 39.9 Å².